The van der Waals surface area contributed by atoms with Crippen LogP contribution < -0.4 is 14.8 Å². The Bertz CT molecular complexity index is 887. The number of carbonyl (C=O) groups excluding carboxylic acids is 1. The van der Waals surface area contributed by atoms with Gasteiger partial charge in [-0.25, -0.2) is 8.42 Å². The van der Waals surface area contributed by atoms with Gasteiger partial charge in [-0.2, -0.15) is 4.31 Å². The summed E-state index contributed by atoms with van der Waals surface area (Å²) in [5.41, 5.74) is 1.20. The number of carbonyl (C=O) groups is 1. The highest BCUT2D eigenvalue weighted by atomic mass is 32.2. The number of benzene rings is 1. The smallest absolute Gasteiger partial charge is 0.251 e. The number of sulfonamides is 1. The van der Waals surface area contributed by atoms with Crippen LogP contribution in [-0.2, 0) is 16.6 Å². The predicted octanol–water partition coefficient (Wildman–Crippen LogP) is 1.00. The van der Waals surface area contributed by atoms with Crippen molar-refractivity contribution in [2.75, 3.05) is 26.1 Å². The van der Waals surface area contributed by atoms with E-state index in [0.717, 1.165) is 11.8 Å². The fraction of sp³-hybridized carbons (Fsp3) is 0.294. The molecule has 1 aromatic carbocycles. The van der Waals surface area contributed by atoms with Crippen molar-refractivity contribution in [2.24, 2.45) is 0 Å². The highest BCUT2D eigenvalue weighted by Crippen LogP contribution is 2.32. The summed E-state index contributed by atoms with van der Waals surface area (Å²) in [6.07, 6.45) is 4.38. The highest BCUT2D eigenvalue weighted by Gasteiger charge is 2.19. The van der Waals surface area contributed by atoms with Gasteiger partial charge in [0.15, 0.2) is 11.5 Å². The second-order valence-corrected chi connectivity index (χ2v) is 7.76. The first-order valence-electron chi connectivity index (χ1n) is 7.95. The zero-order chi connectivity index (χ0) is 18.6. The average molecular weight is 377 g/mol. The van der Waals surface area contributed by atoms with Gasteiger partial charge < -0.3 is 14.8 Å². The van der Waals surface area contributed by atoms with Crippen LogP contribution in [0.25, 0.3) is 0 Å². The molecule has 1 N–H and O–H groups in total. The normalized spacial score (nSPS) is 13.0. The number of amides is 1. The molecule has 9 heteroatoms. The zero-order valence-electron chi connectivity index (χ0n) is 14.2. The maximum atomic E-state index is 12.2. The molecule has 138 valence electrons. The first-order chi connectivity index (χ1) is 12.4. The Balaban J connectivity index is 1.58. The first-order valence-corrected chi connectivity index (χ1v) is 9.80. The summed E-state index contributed by atoms with van der Waals surface area (Å²) in [4.78, 5) is 16.2. The average Bonchev–Trinajstić information content (AvgIpc) is 3.08. The Hall–Kier alpha value is -2.65. The number of rotatable bonds is 7. The van der Waals surface area contributed by atoms with Gasteiger partial charge in [0.1, 0.15) is 0 Å². The van der Waals surface area contributed by atoms with Gasteiger partial charge in [0.25, 0.3) is 5.91 Å². The van der Waals surface area contributed by atoms with E-state index in [0.29, 0.717) is 17.1 Å². The molecule has 2 heterocycles. The Morgan fingerprint density at radius 2 is 2.08 bits per heavy atom. The van der Waals surface area contributed by atoms with Crippen molar-refractivity contribution in [1.29, 1.82) is 0 Å². The molecule has 1 aliphatic heterocycles. The summed E-state index contributed by atoms with van der Waals surface area (Å²) in [6, 6.07) is 8.45. The van der Waals surface area contributed by atoms with Gasteiger partial charge in [0, 0.05) is 37.6 Å². The van der Waals surface area contributed by atoms with Crippen LogP contribution >= 0.6 is 0 Å². The van der Waals surface area contributed by atoms with Crippen molar-refractivity contribution in [2.45, 2.75) is 6.54 Å². The lowest BCUT2D eigenvalue weighted by Gasteiger charge is -2.20. The summed E-state index contributed by atoms with van der Waals surface area (Å²) in [5.74, 6) is 0.811. The highest BCUT2D eigenvalue weighted by molar-refractivity contribution is 7.88. The first kappa shape index (κ1) is 18.2. The number of pyridine rings is 1. The van der Waals surface area contributed by atoms with E-state index in [9.17, 15) is 13.2 Å². The van der Waals surface area contributed by atoms with Gasteiger partial charge in [0.2, 0.25) is 16.8 Å². The quantitative estimate of drug-likeness (QED) is 0.773. The molecule has 0 atom stereocenters. The molecule has 1 aliphatic rings. The van der Waals surface area contributed by atoms with Crippen LogP contribution in [0.5, 0.6) is 11.5 Å². The Kier molecular flexibility index (Phi) is 5.38. The number of nitrogens with one attached hydrogen (secondary N) is 1. The third kappa shape index (κ3) is 4.50. The fourth-order valence-electron chi connectivity index (χ4n) is 2.49. The topological polar surface area (TPSA) is 97.8 Å². The molecule has 1 amide bonds. The number of hydrogen-bond donors (Lipinski definition) is 1. The summed E-state index contributed by atoms with van der Waals surface area (Å²) >= 11 is 0. The molecule has 0 saturated carbocycles. The minimum atomic E-state index is -3.42. The molecule has 0 bridgehead atoms. The molecule has 2 aromatic rings. The monoisotopic (exact) mass is 377 g/mol. The largest absolute Gasteiger partial charge is 0.454 e. The van der Waals surface area contributed by atoms with Gasteiger partial charge >= 0.3 is 0 Å². The summed E-state index contributed by atoms with van der Waals surface area (Å²) in [6.45, 7) is 0.676. The molecule has 26 heavy (non-hydrogen) atoms. The molecule has 0 fully saturated rings. The van der Waals surface area contributed by atoms with Crippen molar-refractivity contribution in [3.63, 3.8) is 0 Å². The van der Waals surface area contributed by atoms with Gasteiger partial charge in [0.05, 0.1) is 6.26 Å². The van der Waals surface area contributed by atoms with E-state index < -0.39 is 10.0 Å². The van der Waals surface area contributed by atoms with E-state index >= 15 is 0 Å². The Morgan fingerprint density at radius 3 is 2.81 bits per heavy atom. The number of fused-ring (bicyclic) bond motifs is 1. The maximum absolute atomic E-state index is 12.2. The second kappa shape index (κ2) is 7.71. The number of nitrogens with zero attached hydrogens (tertiary/aromatic N) is 2. The molecule has 0 aliphatic carbocycles. The van der Waals surface area contributed by atoms with E-state index in [1.165, 1.54) is 4.31 Å². The summed E-state index contributed by atoms with van der Waals surface area (Å²) in [5, 5.41) is 2.72. The van der Waals surface area contributed by atoms with Crippen LogP contribution in [0.4, 0.5) is 0 Å². The van der Waals surface area contributed by atoms with Gasteiger partial charge in [-0.15, -0.1) is 0 Å². The molecule has 0 radical (unpaired) electrons. The van der Waals surface area contributed by atoms with Crippen LogP contribution in [0.15, 0.2) is 42.7 Å². The number of hydrogen-bond acceptors (Lipinski definition) is 6. The van der Waals surface area contributed by atoms with E-state index in [1.54, 1.807) is 42.7 Å². The van der Waals surface area contributed by atoms with Crippen LogP contribution in [0.1, 0.15) is 15.9 Å². The predicted molar refractivity (Wildman–Crippen MR) is 94.4 cm³/mol. The van der Waals surface area contributed by atoms with Crippen molar-refractivity contribution in [1.82, 2.24) is 14.6 Å². The van der Waals surface area contributed by atoms with Crippen LogP contribution in [-0.4, -0.2) is 49.8 Å². The van der Waals surface area contributed by atoms with E-state index in [2.05, 4.69) is 10.3 Å². The molecule has 0 unspecified atom stereocenters. The summed E-state index contributed by atoms with van der Waals surface area (Å²) < 4.78 is 35.7. The van der Waals surface area contributed by atoms with Crippen molar-refractivity contribution >= 4 is 15.9 Å². The lowest BCUT2D eigenvalue weighted by atomic mass is 10.2. The maximum Gasteiger partial charge on any atom is 0.251 e. The third-order valence-corrected chi connectivity index (χ3v) is 5.08. The van der Waals surface area contributed by atoms with E-state index in [1.807, 2.05) is 0 Å². The standard InChI is InChI=1S/C17H19N3O5S/c1-26(22,23)20(11-13-3-2-6-18-10-13)8-7-19-17(21)14-4-5-15-16(9-14)25-12-24-15/h2-6,9-10H,7-8,11-12H2,1H3,(H,19,21). The van der Waals surface area contributed by atoms with E-state index in [-0.39, 0.29) is 32.3 Å². The number of ether oxygens (including phenoxy) is 2. The molecular weight excluding hydrogens is 358 g/mol. The molecule has 8 nitrogen and oxygen atoms in total. The molecular formula is C17H19N3O5S. The Morgan fingerprint density at radius 1 is 1.27 bits per heavy atom. The molecule has 1 aromatic heterocycles. The van der Waals surface area contributed by atoms with Crippen molar-refractivity contribution in [3.8, 4) is 11.5 Å². The lowest BCUT2D eigenvalue weighted by Crippen LogP contribution is -2.37. The summed E-state index contributed by atoms with van der Waals surface area (Å²) in [7, 11) is -3.42. The fourth-order valence-corrected chi connectivity index (χ4v) is 3.30. The van der Waals surface area contributed by atoms with Gasteiger partial charge in [-0.05, 0) is 29.8 Å². The van der Waals surface area contributed by atoms with Crippen molar-refractivity contribution < 1.29 is 22.7 Å². The van der Waals surface area contributed by atoms with Crippen LogP contribution in [0.3, 0.4) is 0 Å². The Labute approximate surface area is 151 Å². The second-order valence-electron chi connectivity index (χ2n) is 5.78. The molecule has 3 rings (SSSR count). The van der Waals surface area contributed by atoms with E-state index in [4.69, 9.17) is 9.47 Å². The molecule has 0 saturated heterocycles. The SMILES string of the molecule is CS(=O)(=O)N(CCNC(=O)c1ccc2c(c1)OCO2)Cc1cccnc1. The van der Waals surface area contributed by atoms with Crippen LogP contribution in [0.2, 0.25) is 0 Å². The van der Waals surface area contributed by atoms with Crippen LogP contribution in [0, 0.1) is 0 Å². The minimum absolute atomic E-state index is 0.137. The van der Waals surface area contributed by atoms with Crippen molar-refractivity contribution in [3.05, 3.63) is 53.9 Å². The van der Waals surface area contributed by atoms with Gasteiger partial charge in [-0.3, -0.25) is 9.78 Å². The molecule has 0 spiro atoms. The lowest BCUT2D eigenvalue weighted by molar-refractivity contribution is 0.0951. The minimum Gasteiger partial charge on any atom is -0.454 e. The third-order valence-electron chi connectivity index (χ3n) is 3.83. The number of aromatic nitrogens is 1. The van der Waals surface area contributed by atoms with Gasteiger partial charge in [-0.1, -0.05) is 6.07 Å². The zero-order valence-corrected chi connectivity index (χ0v) is 15.0.